The zero-order chi connectivity index (χ0) is 15.4. The van der Waals surface area contributed by atoms with Crippen LogP contribution in [0, 0.1) is 6.92 Å². The Bertz CT molecular complexity index is 617. The first-order chi connectivity index (χ1) is 10.0. The van der Waals surface area contributed by atoms with Gasteiger partial charge in [-0.25, -0.2) is 0 Å². The van der Waals surface area contributed by atoms with Crippen molar-refractivity contribution in [2.75, 3.05) is 7.11 Å². The van der Waals surface area contributed by atoms with E-state index < -0.39 is 12.7 Å². The second kappa shape index (κ2) is 6.54. The second-order valence-electron chi connectivity index (χ2n) is 4.62. The number of para-hydroxylation sites is 1. The summed E-state index contributed by atoms with van der Waals surface area (Å²) in [6.07, 6.45) is 0. The highest BCUT2D eigenvalue weighted by Crippen LogP contribution is 2.31. The Balaban J connectivity index is 2.38. The summed E-state index contributed by atoms with van der Waals surface area (Å²) in [5.74, 6) is 0.816. The Morgan fingerprint density at radius 1 is 1.05 bits per heavy atom. The lowest BCUT2D eigenvalue weighted by Crippen LogP contribution is -2.16. The van der Waals surface area contributed by atoms with Gasteiger partial charge in [0.25, 0.3) is 0 Å². The van der Waals surface area contributed by atoms with Crippen LogP contribution in [0.3, 0.4) is 0 Å². The molecule has 0 saturated heterocycles. The van der Waals surface area contributed by atoms with Crippen LogP contribution in [0.25, 0.3) is 0 Å². The monoisotopic (exact) mass is 293 g/mol. The van der Waals surface area contributed by atoms with E-state index in [4.69, 9.17) is 10.5 Å². The largest absolute Gasteiger partial charge is 0.497 e. The van der Waals surface area contributed by atoms with Crippen molar-refractivity contribution in [2.24, 2.45) is 5.73 Å². The third kappa shape index (κ3) is 3.49. The zero-order valence-electron chi connectivity index (χ0n) is 11.8. The number of nitrogens with two attached hydrogens (primary N) is 1. The van der Waals surface area contributed by atoms with E-state index in [1.807, 2.05) is 19.1 Å². The zero-order valence-corrected chi connectivity index (χ0v) is 11.8. The molecule has 21 heavy (non-hydrogen) atoms. The Kier molecular flexibility index (Phi) is 4.75. The van der Waals surface area contributed by atoms with Crippen molar-refractivity contribution < 1.29 is 18.3 Å². The van der Waals surface area contributed by atoms with Crippen molar-refractivity contribution >= 4 is 0 Å². The average molecular weight is 293 g/mol. The number of ether oxygens (including phenoxy) is 2. The number of halogens is 2. The first-order valence-electron chi connectivity index (χ1n) is 6.46. The number of aryl methyl sites for hydroxylation is 1. The number of alkyl halides is 2. The Morgan fingerprint density at radius 2 is 1.76 bits per heavy atom. The topological polar surface area (TPSA) is 44.5 Å². The molecule has 0 aliphatic rings. The molecule has 0 heterocycles. The summed E-state index contributed by atoms with van der Waals surface area (Å²) in [4.78, 5) is 0. The Labute approximate surface area is 122 Å². The molecule has 3 nitrogen and oxygen atoms in total. The molecule has 0 saturated carbocycles. The molecule has 0 aromatic heterocycles. The lowest BCUT2D eigenvalue weighted by Gasteiger charge is -2.19. The summed E-state index contributed by atoms with van der Waals surface area (Å²) in [6.45, 7) is -0.982. The molecule has 0 aliphatic heterocycles. The van der Waals surface area contributed by atoms with Gasteiger partial charge in [0, 0.05) is 5.56 Å². The maximum absolute atomic E-state index is 12.5. The molecule has 5 heteroatoms. The maximum atomic E-state index is 12.5. The van der Waals surface area contributed by atoms with Crippen molar-refractivity contribution in [1.82, 2.24) is 0 Å². The van der Waals surface area contributed by atoms with Crippen molar-refractivity contribution in [3.63, 3.8) is 0 Å². The smallest absolute Gasteiger partial charge is 0.387 e. The molecule has 0 radical (unpaired) electrons. The SMILES string of the molecule is COc1ccc(C(N)c2ccccc2OC(F)F)c(C)c1. The highest BCUT2D eigenvalue weighted by Gasteiger charge is 2.18. The van der Waals surface area contributed by atoms with E-state index >= 15 is 0 Å². The molecule has 112 valence electrons. The predicted molar refractivity (Wildman–Crippen MR) is 76.8 cm³/mol. The van der Waals surface area contributed by atoms with E-state index in [2.05, 4.69) is 4.74 Å². The summed E-state index contributed by atoms with van der Waals surface area (Å²) in [5.41, 5.74) is 8.50. The number of rotatable bonds is 5. The number of hydrogen-bond donors (Lipinski definition) is 1. The molecule has 2 N–H and O–H groups in total. The van der Waals surface area contributed by atoms with Gasteiger partial charge in [0.15, 0.2) is 0 Å². The molecule has 2 rings (SSSR count). The van der Waals surface area contributed by atoms with E-state index in [1.54, 1.807) is 31.4 Å². The summed E-state index contributed by atoms with van der Waals surface area (Å²) in [5, 5.41) is 0. The molecule has 0 bridgehead atoms. The lowest BCUT2D eigenvalue weighted by molar-refractivity contribution is -0.0505. The van der Waals surface area contributed by atoms with Crippen molar-refractivity contribution in [2.45, 2.75) is 19.6 Å². The molecule has 0 spiro atoms. The van der Waals surface area contributed by atoms with Gasteiger partial charge in [0.05, 0.1) is 13.2 Å². The summed E-state index contributed by atoms with van der Waals surface area (Å²) in [6, 6.07) is 11.5. The molecule has 1 atom stereocenters. The number of methoxy groups -OCH3 is 1. The van der Waals surface area contributed by atoms with Crippen LogP contribution in [0.2, 0.25) is 0 Å². The average Bonchev–Trinajstić information content (AvgIpc) is 2.46. The highest BCUT2D eigenvalue weighted by atomic mass is 19.3. The van der Waals surface area contributed by atoms with Crippen LogP contribution in [-0.2, 0) is 0 Å². The van der Waals surface area contributed by atoms with Gasteiger partial charge in [-0.15, -0.1) is 0 Å². The number of hydrogen-bond acceptors (Lipinski definition) is 3. The van der Waals surface area contributed by atoms with Crippen LogP contribution >= 0.6 is 0 Å². The summed E-state index contributed by atoms with van der Waals surface area (Å²) in [7, 11) is 1.58. The summed E-state index contributed by atoms with van der Waals surface area (Å²) >= 11 is 0. The Morgan fingerprint density at radius 3 is 2.38 bits per heavy atom. The first-order valence-corrected chi connectivity index (χ1v) is 6.46. The van der Waals surface area contributed by atoms with E-state index in [0.29, 0.717) is 5.56 Å². The Hall–Kier alpha value is -2.14. The standard InChI is InChI=1S/C16H17F2NO2/c1-10-9-11(20-2)7-8-12(10)15(19)13-5-3-4-6-14(13)21-16(17)18/h3-9,15-16H,19H2,1-2H3. The fourth-order valence-corrected chi connectivity index (χ4v) is 2.23. The van der Waals surface area contributed by atoms with Gasteiger partial charge in [0.1, 0.15) is 11.5 Å². The predicted octanol–water partition coefficient (Wildman–Crippen LogP) is 3.65. The van der Waals surface area contributed by atoms with E-state index in [0.717, 1.165) is 16.9 Å². The minimum atomic E-state index is -2.88. The molecule has 0 aliphatic carbocycles. The van der Waals surface area contributed by atoms with Gasteiger partial charge in [-0.1, -0.05) is 24.3 Å². The first kappa shape index (κ1) is 15.3. The van der Waals surface area contributed by atoms with Crippen LogP contribution in [0.4, 0.5) is 8.78 Å². The molecular formula is C16H17F2NO2. The minimum Gasteiger partial charge on any atom is -0.497 e. The second-order valence-corrected chi connectivity index (χ2v) is 4.62. The van der Waals surface area contributed by atoms with E-state index in [1.165, 1.54) is 6.07 Å². The van der Waals surface area contributed by atoms with Crippen LogP contribution in [0.5, 0.6) is 11.5 Å². The van der Waals surface area contributed by atoms with Crippen molar-refractivity contribution in [1.29, 1.82) is 0 Å². The van der Waals surface area contributed by atoms with Crippen LogP contribution in [0.15, 0.2) is 42.5 Å². The highest BCUT2D eigenvalue weighted by molar-refractivity contribution is 5.45. The maximum Gasteiger partial charge on any atom is 0.387 e. The fourth-order valence-electron chi connectivity index (χ4n) is 2.23. The van der Waals surface area contributed by atoms with Gasteiger partial charge in [-0.05, 0) is 36.2 Å². The van der Waals surface area contributed by atoms with Gasteiger partial charge in [0.2, 0.25) is 0 Å². The molecule has 0 amide bonds. The molecule has 2 aromatic rings. The van der Waals surface area contributed by atoms with Crippen LogP contribution < -0.4 is 15.2 Å². The van der Waals surface area contributed by atoms with Gasteiger partial charge < -0.3 is 15.2 Å². The minimum absolute atomic E-state index is 0.0928. The van der Waals surface area contributed by atoms with E-state index in [-0.39, 0.29) is 5.75 Å². The third-order valence-corrected chi connectivity index (χ3v) is 3.28. The fraction of sp³-hybridized carbons (Fsp3) is 0.250. The third-order valence-electron chi connectivity index (χ3n) is 3.28. The summed E-state index contributed by atoms with van der Waals surface area (Å²) < 4.78 is 34.6. The quantitative estimate of drug-likeness (QED) is 0.915. The number of benzene rings is 2. The van der Waals surface area contributed by atoms with Gasteiger partial charge >= 0.3 is 6.61 Å². The molecule has 2 aromatic carbocycles. The molecule has 1 unspecified atom stereocenters. The van der Waals surface area contributed by atoms with Crippen LogP contribution in [0.1, 0.15) is 22.7 Å². The van der Waals surface area contributed by atoms with Crippen molar-refractivity contribution in [3.8, 4) is 11.5 Å². The van der Waals surface area contributed by atoms with E-state index in [9.17, 15) is 8.78 Å². The van der Waals surface area contributed by atoms with Crippen molar-refractivity contribution in [3.05, 3.63) is 59.2 Å². The van der Waals surface area contributed by atoms with Gasteiger partial charge in [-0.2, -0.15) is 8.78 Å². The normalized spacial score (nSPS) is 12.3. The van der Waals surface area contributed by atoms with Crippen LogP contribution in [-0.4, -0.2) is 13.7 Å². The van der Waals surface area contributed by atoms with Gasteiger partial charge in [-0.3, -0.25) is 0 Å². The molecular weight excluding hydrogens is 276 g/mol. The molecule has 0 fully saturated rings. The lowest BCUT2D eigenvalue weighted by atomic mass is 9.95.